The van der Waals surface area contributed by atoms with Gasteiger partial charge >= 0.3 is 0 Å². The van der Waals surface area contributed by atoms with Gasteiger partial charge in [0.25, 0.3) is 0 Å². The van der Waals surface area contributed by atoms with Crippen LogP contribution in [0.4, 0.5) is 0 Å². The van der Waals surface area contributed by atoms with Gasteiger partial charge in [-0.3, -0.25) is 0 Å². The molecule has 35 heavy (non-hydrogen) atoms. The largest absolute Gasteiger partial charge is 0.411 e. The molecule has 0 aromatic carbocycles. The van der Waals surface area contributed by atoms with Crippen molar-refractivity contribution < 1.29 is 23.7 Å². The third-order valence-corrected chi connectivity index (χ3v) is 13.5. The van der Waals surface area contributed by atoms with Crippen molar-refractivity contribution in [3.63, 3.8) is 0 Å². The van der Waals surface area contributed by atoms with Crippen molar-refractivity contribution in [2.45, 2.75) is 185 Å². The quantitative estimate of drug-likeness (QED) is 0.193. The Kier molecular flexibility index (Phi) is 11.6. The van der Waals surface area contributed by atoms with Gasteiger partial charge in [0.1, 0.15) is 0 Å². The second-order valence-electron chi connectivity index (χ2n) is 13.0. The molecular formula is C29H56O5Si. The van der Waals surface area contributed by atoms with Gasteiger partial charge in [-0.25, -0.2) is 0 Å². The van der Waals surface area contributed by atoms with E-state index in [-0.39, 0.29) is 41.7 Å². The molecule has 0 amide bonds. The van der Waals surface area contributed by atoms with E-state index in [4.69, 9.17) is 18.6 Å². The average Bonchev–Trinajstić information content (AvgIpc) is 3.54. The Balaban J connectivity index is 1.49. The van der Waals surface area contributed by atoms with Crippen LogP contribution in [0.15, 0.2) is 0 Å². The molecule has 206 valence electrons. The number of hydrogen-bond donors (Lipinski definition) is 1. The molecule has 0 saturated carbocycles. The molecule has 3 heterocycles. The van der Waals surface area contributed by atoms with Crippen molar-refractivity contribution >= 4 is 8.32 Å². The molecule has 0 radical (unpaired) electrons. The highest BCUT2D eigenvalue weighted by Crippen LogP contribution is 2.41. The zero-order chi connectivity index (χ0) is 25.5. The zero-order valence-corrected chi connectivity index (χ0v) is 24.7. The molecule has 3 aliphatic heterocycles. The maximum absolute atomic E-state index is 9.72. The molecule has 3 fully saturated rings. The van der Waals surface area contributed by atoms with Crippen molar-refractivity contribution in [1.82, 2.24) is 0 Å². The van der Waals surface area contributed by atoms with E-state index >= 15 is 0 Å². The lowest BCUT2D eigenvalue weighted by Gasteiger charge is -2.41. The summed E-state index contributed by atoms with van der Waals surface area (Å²) >= 11 is 0. The standard InChI is InChI=1S/C29H56O5Si/c1-7-8-9-10-11-12-13-14-15-27(34-35(5,6)29(2,3)4)26-19-18-23(32-26)22-16-17-24(31-22)25-20-21-28(30)33-25/h22-28,30H,7-21H2,1-6H3/t22-,23-,24-,25+,26-,27-,28?/m0/s1. The molecule has 6 heteroatoms. The van der Waals surface area contributed by atoms with Crippen LogP contribution < -0.4 is 0 Å². The summed E-state index contributed by atoms with van der Waals surface area (Å²) in [5, 5.41) is 9.93. The van der Waals surface area contributed by atoms with Crippen LogP contribution >= 0.6 is 0 Å². The van der Waals surface area contributed by atoms with E-state index < -0.39 is 14.6 Å². The highest BCUT2D eigenvalue weighted by atomic mass is 28.4. The van der Waals surface area contributed by atoms with Gasteiger partial charge in [-0.15, -0.1) is 0 Å². The van der Waals surface area contributed by atoms with Crippen LogP contribution in [0.5, 0.6) is 0 Å². The van der Waals surface area contributed by atoms with E-state index in [2.05, 4.69) is 40.8 Å². The minimum Gasteiger partial charge on any atom is -0.411 e. The van der Waals surface area contributed by atoms with Crippen LogP contribution in [0.2, 0.25) is 18.1 Å². The Morgan fingerprint density at radius 2 is 1.26 bits per heavy atom. The maximum atomic E-state index is 9.72. The predicted molar refractivity (Wildman–Crippen MR) is 145 cm³/mol. The van der Waals surface area contributed by atoms with Gasteiger partial charge in [0.05, 0.1) is 36.6 Å². The van der Waals surface area contributed by atoms with Crippen LogP contribution in [0, 0.1) is 0 Å². The smallest absolute Gasteiger partial charge is 0.192 e. The highest BCUT2D eigenvalue weighted by Gasteiger charge is 2.45. The molecule has 0 aromatic rings. The molecular weight excluding hydrogens is 456 g/mol. The summed E-state index contributed by atoms with van der Waals surface area (Å²) in [4.78, 5) is 0. The summed E-state index contributed by atoms with van der Waals surface area (Å²) in [6.07, 6.45) is 17.9. The minimum atomic E-state index is -1.87. The fourth-order valence-corrected chi connectivity index (χ4v) is 7.13. The number of rotatable bonds is 14. The van der Waals surface area contributed by atoms with Crippen LogP contribution in [0.3, 0.4) is 0 Å². The summed E-state index contributed by atoms with van der Waals surface area (Å²) < 4.78 is 25.8. The Morgan fingerprint density at radius 3 is 1.83 bits per heavy atom. The first-order valence-electron chi connectivity index (χ1n) is 14.9. The van der Waals surface area contributed by atoms with Gasteiger partial charge in [0, 0.05) is 6.42 Å². The lowest BCUT2D eigenvalue weighted by Crippen LogP contribution is -2.47. The molecule has 3 saturated heterocycles. The van der Waals surface area contributed by atoms with Crippen LogP contribution in [0.25, 0.3) is 0 Å². The lowest BCUT2D eigenvalue weighted by atomic mass is 10.0. The van der Waals surface area contributed by atoms with Gasteiger partial charge in [0.2, 0.25) is 0 Å². The first kappa shape index (κ1) is 29.6. The lowest BCUT2D eigenvalue weighted by molar-refractivity contribution is -0.145. The van der Waals surface area contributed by atoms with Gasteiger partial charge in [-0.05, 0) is 56.7 Å². The van der Waals surface area contributed by atoms with Crippen molar-refractivity contribution in [2.24, 2.45) is 0 Å². The van der Waals surface area contributed by atoms with Gasteiger partial charge in [-0.1, -0.05) is 79.1 Å². The van der Waals surface area contributed by atoms with Crippen molar-refractivity contribution in [1.29, 1.82) is 0 Å². The van der Waals surface area contributed by atoms with Crippen LogP contribution in [0.1, 0.15) is 124 Å². The molecule has 3 rings (SSSR count). The summed E-state index contributed by atoms with van der Waals surface area (Å²) in [6.45, 7) is 14.0. The number of ether oxygens (including phenoxy) is 3. The Bertz CT molecular complexity index is 606. The van der Waals surface area contributed by atoms with Crippen molar-refractivity contribution in [3.05, 3.63) is 0 Å². The average molecular weight is 513 g/mol. The normalized spacial score (nSPS) is 33.0. The fraction of sp³-hybridized carbons (Fsp3) is 1.00. The predicted octanol–water partition coefficient (Wildman–Crippen LogP) is 7.50. The third-order valence-electron chi connectivity index (χ3n) is 9.04. The Labute approximate surface area is 217 Å². The Morgan fingerprint density at radius 1 is 0.743 bits per heavy atom. The van der Waals surface area contributed by atoms with Gasteiger partial charge in [0.15, 0.2) is 14.6 Å². The molecule has 3 aliphatic rings. The number of unbranched alkanes of at least 4 members (excludes halogenated alkanes) is 7. The monoisotopic (exact) mass is 512 g/mol. The van der Waals surface area contributed by atoms with E-state index in [1.807, 2.05) is 0 Å². The van der Waals surface area contributed by atoms with E-state index in [1.54, 1.807) is 0 Å². The second kappa shape index (κ2) is 13.7. The highest BCUT2D eigenvalue weighted by molar-refractivity contribution is 6.74. The van der Waals surface area contributed by atoms with Gasteiger partial charge < -0.3 is 23.7 Å². The number of aliphatic hydroxyl groups excluding tert-OH is 1. The van der Waals surface area contributed by atoms with Crippen LogP contribution in [-0.4, -0.2) is 56.3 Å². The topological polar surface area (TPSA) is 57.2 Å². The first-order chi connectivity index (χ1) is 16.6. The molecule has 0 bridgehead atoms. The molecule has 1 N–H and O–H groups in total. The molecule has 5 nitrogen and oxygen atoms in total. The Hall–Kier alpha value is 0.0169. The van der Waals surface area contributed by atoms with E-state index in [1.165, 1.54) is 51.4 Å². The molecule has 7 atom stereocenters. The third kappa shape index (κ3) is 8.78. The van der Waals surface area contributed by atoms with E-state index in [0.717, 1.165) is 44.9 Å². The molecule has 0 aliphatic carbocycles. The first-order valence-corrected chi connectivity index (χ1v) is 17.8. The molecule has 0 spiro atoms. The number of hydrogen-bond acceptors (Lipinski definition) is 5. The van der Waals surface area contributed by atoms with E-state index in [9.17, 15) is 5.11 Å². The second-order valence-corrected chi connectivity index (χ2v) is 17.7. The van der Waals surface area contributed by atoms with Crippen molar-refractivity contribution in [3.8, 4) is 0 Å². The summed E-state index contributed by atoms with van der Waals surface area (Å²) in [5.74, 6) is 0. The molecule has 1 unspecified atom stereocenters. The summed E-state index contributed by atoms with van der Waals surface area (Å²) in [5.41, 5.74) is 0. The maximum Gasteiger partial charge on any atom is 0.192 e. The van der Waals surface area contributed by atoms with Gasteiger partial charge in [-0.2, -0.15) is 0 Å². The summed E-state index contributed by atoms with van der Waals surface area (Å²) in [7, 11) is -1.87. The fourth-order valence-electron chi connectivity index (χ4n) is 5.75. The van der Waals surface area contributed by atoms with Crippen molar-refractivity contribution in [2.75, 3.05) is 0 Å². The minimum absolute atomic E-state index is 0.0452. The zero-order valence-electron chi connectivity index (χ0n) is 23.7. The SMILES string of the molecule is CCCCCCCCCC[C@H](O[Si](C)(C)C(C)(C)C)[C@@H]1CC[C@@H]([C@@H]2CC[C@@H]([C@H]3CCC(O)O3)O2)O1. The molecule has 0 aromatic heterocycles. The van der Waals surface area contributed by atoms with Crippen LogP contribution in [-0.2, 0) is 18.6 Å². The number of aliphatic hydroxyl groups is 1. The summed E-state index contributed by atoms with van der Waals surface area (Å²) in [6, 6.07) is 0. The van der Waals surface area contributed by atoms with E-state index in [0.29, 0.717) is 0 Å².